The van der Waals surface area contributed by atoms with Gasteiger partial charge in [0.1, 0.15) is 28.6 Å². The zero-order valence-electron chi connectivity index (χ0n) is 13.0. The van der Waals surface area contributed by atoms with E-state index in [4.69, 9.17) is 4.74 Å². The van der Waals surface area contributed by atoms with Gasteiger partial charge in [-0.15, -0.1) is 11.3 Å². The van der Waals surface area contributed by atoms with Crippen molar-refractivity contribution in [1.82, 2.24) is 9.97 Å². The highest BCUT2D eigenvalue weighted by Crippen LogP contribution is 2.25. The molecule has 0 amide bonds. The lowest BCUT2D eigenvalue weighted by Crippen LogP contribution is -2.40. The Bertz CT molecular complexity index is 631. The summed E-state index contributed by atoms with van der Waals surface area (Å²) < 4.78 is 5.48. The van der Waals surface area contributed by atoms with Crippen molar-refractivity contribution in [1.29, 1.82) is 0 Å². The summed E-state index contributed by atoms with van der Waals surface area (Å²) in [4.78, 5) is 21.7. The van der Waals surface area contributed by atoms with Crippen molar-refractivity contribution in [3.05, 3.63) is 17.8 Å². The predicted octanol–water partition coefficient (Wildman–Crippen LogP) is 3.47. The van der Waals surface area contributed by atoms with Gasteiger partial charge in [0.2, 0.25) is 0 Å². The molecular weight excluding hydrogens is 286 g/mol. The van der Waals surface area contributed by atoms with Crippen LogP contribution in [0.4, 0.5) is 5.82 Å². The van der Waals surface area contributed by atoms with Gasteiger partial charge < -0.3 is 10.1 Å². The molecule has 6 heteroatoms. The largest absolute Gasteiger partial charge is 0.458 e. The van der Waals surface area contributed by atoms with Gasteiger partial charge in [0.25, 0.3) is 0 Å². The molecule has 0 saturated carbocycles. The van der Waals surface area contributed by atoms with Crippen LogP contribution >= 0.6 is 11.3 Å². The Hall–Kier alpha value is -1.69. The van der Waals surface area contributed by atoms with Gasteiger partial charge in [0, 0.05) is 0 Å². The molecule has 114 valence electrons. The van der Waals surface area contributed by atoms with Crippen LogP contribution in [0.3, 0.4) is 0 Å². The van der Waals surface area contributed by atoms with Crippen LogP contribution in [0.1, 0.15) is 34.6 Å². The fourth-order valence-corrected chi connectivity index (χ4v) is 2.65. The zero-order valence-corrected chi connectivity index (χ0v) is 13.8. The number of nitrogens with one attached hydrogen (secondary N) is 1. The van der Waals surface area contributed by atoms with Gasteiger partial charge in [0.05, 0.1) is 5.39 Å². The first-order chi connectivity index (χ1) is 9.78. The molecule has 1 N–H and O–H groups in total. The molecule has 0 spiro atoms. The highest BCUT2D eigenvalue weighted by atomic mass is 32.1. The summed E-state index contributed by atoms with van der Waals surface area (Å²) in [6, 6.07) is 1.51. The third-order valence-electron chi connectivity index (χ3n) is 2.88. The van der Waals surface area contributed by atoms with Gasteiger partial charge in [-0.05, 0) is 38.1 Å². The Labute approximate surface area is 128 Å². The first-order valence-electron chi connectivity index (χ1n) is 6.95. The standard InChI is InChI=1S/C15H21N3O2S/c1-9(2)11(14(19)20-15(3,4)5)18-12-10-6-7-21-13(10)17-8-16-12/h6-9,11H,1-5H3,(H,16,17,18)/t11-/m1/s1. The van der Waals surface area contributed by atoms with Crippen molar-refractivity contribution in [2.24, 2.45) is 5.92 Å². The molecule has 21 heavy (non-hydrogen) atoms. The van der Waals surface area contributed by atoms with E-state index in [0.29, 0.717) is 5.82 Å². The third kappa shape index (κ3) is 3.91. The molecule has 0 aliphatic carbocycles. The van der Waals surface area contributed by atoms with E-state index >= 15 is 0 Å². The number of nitrogens with zero attached hydrogens (tertiary/aromatic N) is 2. The number of hydrogen-bond acceptors (Lipinski definition) is 6. The maximum atomic E-state index is 12.4. The van der Waals surface area contributed by atoms with Gasteiger partial charge in [-0.2, -0.15) is 0 Å². The van der Waals surface area contributed by atoms with Gasteiger partial charge in [0.15, 0.2) is 0 Å². The lowest BCUT2D eigenvalue weighted by Gasteiger charge is -2.26. The minimum absolute atomic E-state index is 0.0866. The first-order valence-corrected chi connectivity index (χ1v) is 7.83. The Morgan fingerprint density at radius 1 is 1.33 bits per heavy atom. The second kappa shape index (κ2) is 5.97. The average Bonchev–Trinajstić information content (AvgIpc) is 2.81. The van der Waals surface area contributed by atoms with Crippen LogP contribution in [-0.2, 0) is 9.53 Å². The smallest absolute Gasteiger partial charge is 0.329 e. The van der Waals surface area contributed by atoms with Crippen LogP contribution in [-0.4, -0.2) is 27.6 Å². The van der Waals surface area contributed by atoms with E-state index < -0.39 is 11.6 Å². The predicted molar refractivity (Wildman–Crippen MR) is 85.5 cm³/mol. The number of carbonyl (C=O) groups is 1. The number of anilines is 1. The molecule has 0 saturated heterocycles. The van der Waals surface area contributed by atoms with E-state index in [1.54, 1.807) is 11.3 Å². The van der Waals surface area contributed by atoms with Crippen LogP contribution < -0.4 is 5.32 Å². The molecule has 0 radical (unpaired) electrons. The lowest BCUT2D eigenvalue weighted by atomic mass is 10.0. The fraction of sp³-hybridized carbons (Fsp3) is 0.533. The fourth-order valence-electron chi connectivity index (χ4n) is 1.92. The second-order valence-electron chi connectivity index (χ2n) is 6.26. The molecule has 0 unspecified atom stereocenters. The van der Waals surface area contributed by atoms with E-state index in [1.807, 2.05) is 46.1 Å². The number of carbonyl (C=O) groups excluding carboxylic acids is 1. The van der Waals surface area contributed by atoms with Crippen LogP contribution in [0.5, 0.6) is 0 Å². The normalized spacial score (nSPS) is 13.4. The van der Waals surface area contributed by atoms with Crippen LogP contribution in [0.25, 0.3) is 10.2 Å². The second-order valence-corrected chi connectivity index (χ2v) is 7.16. The number of thiophene rings is 1. The maximum Gasteiger partial charge on any atom is 0.329 e. The Kier molecular flexibility index (Phi) is 4.46. The van der Waals surface area contributed by atoms with Crippen LogP contribution in [0.2, 0.25) is 0 Å². The number of esters is 1. The zero-order chi connectivity index (χ0) is 15.6. The van der Waals surface area contributed by atoms with Crippen molar-refractivity contribution >= 4 is 33.3 Å². The number of hydrogen-bond donors (Lipinski definition) is 1. The monoisotopic (exact) mass is 307 g/mol. The molecule has 2 aromatic rings. The number of fused-ring (bicyclic) bond motifs is 1. The molecule has 0 fully saturated rings. The van der Waals surface area contributed by atoms with E-state index in [2.05, 4.69) is 15.3 Å². The van der Waals surface area contributed by atoms with E-state index in [1.165, 1.54) is 6.33 Å². The van der Waals surface area contributed by atoms with Gasteiger partial charge in [-0.1, -0.05) is 13.8 Å². The summed E-state index contributed by atoms with van der Waals surface area (Å²) in [5.74, 6) is 0.494. The summed E-state index contributed by atoms with van der Waals surface area (Å²) in [7, 11) is 0. The molecule has 2 aromatic heterocycles. The highest BCUT2D eigenvalue weighted by molar-refractivity contribution is 7.16. The number of aromatic nitrogens is 2. The molecule has 1 atom stereocenters. The molecule has 0 aliphatic heterocycles. The van der Waals surface area contributed by atoms with Crippen molar-refractivity contribution in [2.75, 3.05) is 5.32 Å². The summed E-state index contributed by atoms with van der Waals surface area (Å²) in [6.45, 7) is 9.55. The highest BCUT2D eigenvalue weighted by Gasteiger charge is 2.28. The minimum Gasteiger partial charge on any atom is -0.458 e. The Morgan fingerprint density at radius 2 is 2.05 bits per heavy atom. The number of rotatable bonds is 4. The van der Waals surface area contributed by atoms with Crippen molar-refractivity contribution in [3.8, 4) is 0 Å². The Balaban J connectivity index is 2.24. The maximum absolute atomic E-state index is 12.4. The quantitative estimate of drug-likeness (QED) is 0.876. The van der Waals surface area contributed by atoms with Gasteiger partial charge >= 0.3 is 5.97 Å². The molecule has 2 heterocycles. The topological polar surface area (TPSA) is 64.1 Å². The minimum atomic E-state index is -0.505. The van der Waals surface area contributed by atoms with E-state index in [9.17, 15) is 4.79 Å². The third-order valence-corrected chi connectivity index (χ3v) is 3.70. The summed E-state index contributed by atoms with van der Waals surface area (Å²) in [6.07, 6.45) is 1.51. The van der Waals surface area contributed by atoms with Gasteiger partial charge in [-0.3, -0.25) is 0 Å². The molecular formula is C15H21N3O2S. The first kappa shape index (κ1) is 15.7. The Morgan fingerprint density at radius 3 is 2.67 bits per heavy atom. The molecule has 0 aliphatic rings. The SMILES string of the molecule is CC(C)[C@@H](Nc1ncnc2sccc12)C(=O)OC(C)(C)C. The van der Waals surface area contributed by atoms with Gasteiger partial charge in [-0.25, -0.2) is 14.8 Å². The van der Waals surface area contributed by atoms with Crippen molar-refractivity contribution in [2.45, 2.75) is 46.3 Å². The lowest BCUT2D eigenvalue weighted by molar-refractivity contribution is -0.156. The van der Waals surface area contributed by atoms with E-state index in [0.717, 1.165) is 10.2 Å². The summed E-state index contributed by atoms with van der Waals surface area (Å²) in [5.41, 5.74) is -0.505. The molecule has 0 aromatic carbocycles. The van der Waals surface area contributed by atoms with Crippen molar-refractivity contribution in [3.63, 3.8) is 0 Å². The van der Waals surface area contributed by atoms with Crippen LogP contribution in [0.15, 0.2) is 17.8 Å². The molecule has 0 bridgehead atoms. The molecule has 2 rings (SSSR count). The van der Waals surface area contributed by atoms with Crippen molar-refractivity contribution < 1.29 is 9.53 Å². The molecule has 5 nitrogen and oxygen atoms in total. The summed E-state index contributed by atoms with van der Waals surface area (Å²) >= 11 is 1.55. The summed E-state index contributed by atoms with van der Waals surface area (Å²) in [5, 5.41) is 6.10. The number of ether oxygens (including phenoxy) is 1. The average molecular weight is 307 g/mol. The van der Waals surface area contributed by atoms with E-state index in [-0.39, 0.29) is 11.9 Å². The van der Waals surface area contributed by atoms with Crippen LogP contribution in [0, 0.1) is 5.92 Å².